The van der Waals surface area contributed by atoms with Crippen LogP contribution in [0.3, 0.4) is 0 Å². The lowest BCUT2D eigenvalue weighted by atomic mass is 9.46. The van der Waals surface area contributed by atoms with E-state index in [1.165, 1.54) is 0 Å². The molecule has 0 saturated heterocycles. The number of ether oxygens (including phenoxy) is 1. The minimum Gasteiger partial charge on any atom is -0.481 e. The highest BCUT2D eigenvalue weighted by Crippen LogP contribution is 2.62. The van der Waals surface area contributed by atoms with Gasteiger partial charge >= 0.3 is 12.1 Å². The molecule has 4 aliphatic carbocycles. The first-order valence-corrected chi connectivity index (χ1v) is 12.2. The van der Waals surface area contributed by atoms with Gasteiger partial charge in [-0.05, 0) is 76.7 Å². The fraction of sp³-hybridized carbons (Fsp3) is 0.654. The van der Waals surface area contributed by atoms with Crippen molar-refractivity contribution in [1.82, 2.24) is 10.6 Å². The maximum atomic E-state index is 13.8. The molecule has 5 rings (SSSR count). The van der Waals surface area contributed by atoms with E-state index in [4.69, 9.17) is 4.74 Å². The molecule has 0 spiro atoms. The molecular formula is C26H36N2O6. The first-order valence-electron chi connectivity index (χ1n) is 12.2. The van der Waals surface area contributed by atoms with Crippen LogP contribution in [0, 0.1) is 17.3 Å². The Balaban J connectivity index is 1.63. The summed E-state index contributed by atoms with van der Waals surface area (Å²) in [6.07, 6.45) is 3.46. The molecule has 2 unspecified atom stereocenters. The van der Waals surface area contributed by atoms with Gasteiger partial charge < -0.3 is 25.6 Å². The molecule has 4 fully saturated rings. The van der Waals surface area contributed by atoms with Gasteiger partial charge in [0.2, 0.25) is 5.91 Å². The van der Waals surface area contributed by atoms with Gasteiger partial charge in [0.05, 0.1) is 18.1 Å². The fourth-order valence-electron chi connectivity index (χ4n) is 6.91. The molecular weight excluding hydrogens is 436 g/mol. The van der Waals surface area contributed by atoms with Crippen LogP contribution in [0.2, 0.25) is 0 Å². The van der Waals surface area contributed by atoms with Gasteiger partial charge in [-0.1, -0.05) is 30.3 Å². The first-order chi connectivity index (χ1) is 15.9. The summed E-state index contributed by atoms with van der Waals surface area (Å²) in [6.45, 7) is 5.27. The molecule has 0 heterocycles. The van der Waals surface area contributed by atoms with Gasteiger partial charge in [-0.3, -0.25) is 9.59 Å². The summed E-state index contributed by atoms with van der Waals surface area (Å²) >= 11 is 0. The average Bonchev–Trinajstić information content (AvgIpc) is 2.68. The van der Waals surface area contributed by atoms with Crippen molar-refractivity contribution < 1.29 is 29.3 Å². The minimum atomic E-state index is -1.03. The Bertz CT molecular complexity index is 926. The zero-order chi connectivity index (χ0) is 24.7. The van der Waals surface area contributed by atoms with Crippen LogP contribution in [0.5, 0.6) is 0 Å². The number of hydrogen-bond donors (Lipinski definition) is 4. The van der Waals surface area contributed by atoms with Crippen LogP contribution in [0.25, 0.3) is 0 Å². The third kappa shape index (κ3) is 5.37. The van der Waals surface area contributed by atoms with Crippen LogP contribution < -0.4 is 10.6 Å². The Kier molecular flexibility index (Phi) is 6.40. The van der Waals surface area contributed by atoms with Crippen LogP contribution in [0.4, 0.5) is 4.79 Å². The highest BCUT2D eigenvalue weighted by molar-refractivity contribution is 5.87. The van der Waals surface area contributed by atoms with Gasteiger partial charge in [-0.2, -0.15) is 0 Å². The normalized spacial score (nSPS) is 31.4. The van der Waals surface area contributed by atoms with E-state index in [2.05, 4.69) is 10.6 Å². The lowest BCUT2D eigenvalue weighted by molar-refractivity contribution is -0.177. The summed E-state index contributed by atoms with van der Waals surface area (Å²) in [5, 5.41) is 26.4. The summed E-state index contributed by atoms with van der Waals surface area (Å²) in [5.74, 6) is -0.849. The average molecular weight is 473 g/mol. The smallest absolute Gasteiger partial charge is 0.408 e. The number of aliphatic carboxylic acids is 1. The number of hydrogen-bond acceptors (Lipinski definition) is 5. The molecule has 4 N–H and O–H groups in total. The van der Waals surface area contributed by atoms with Crippen LogP contribution in [-0.4, -0.2) is 45.4 Å². The second kappa shape index (κ2) is 8.87. The molecule has 0 aromatic heterocycles. The van der Waals surface area contributed by atoms with Gasteiger partial charge in [-0.25, -0.2) is 4.79 Å². The number of benzene rings is 1. The third-order valence-electron chi connectivity index (χ3n) is 7.51. The molecule has 4 saturated carbocycles. The Morgan fingerprint density at radius 2 is 1.68 bits per heavy atom. The number of aliphatic hydroxyl groups is 1. The molecule has 8 heteroatoms. The van der Waals surface area contributed by atoms with Crippen LogP contribution in [-0.2, 0) is 14.3 Å². The number of amides is 2. The van der Waals surface area contributed by atoms with E-state index < -0.39 is 46.7 Å². The van der Waals surface area contributed by atoms with Crippen LogP contribution >= 0.6 is 0 Å². The number of alkyl carbamates (subject to hydrolysis) is 1. The predicted octanol–water partition coefficient (Wildman–Crippen LogP) is 3.54. The molecule has 2 amide bonds. The molecule has 0 radical (unpaired) electrons. The van der Waals surface area contributed by atoms with Crippen molar-refractivity contribution in [3.05, 3.63) is 35.9 Å². The lowest BCUT2D eigenvalue weighted by Crippen LogP contribution is -2.66. The predicted molar refractivity (Wildman–Crippen MR) is 125 cm³/mol. The van der Waals surface area contributed by atoms with Crippen molar-refractivity contribution in [2.45, 2.75) is 89.0 Å². The number of rotatable bonds is 7. The summed E-state index contributed by atoms with van der Waals surface area (Å²) in [4.78, 5) is 38.1. The molecule has 4 bridgehead atoms. The van der Waals surface area contributed by atoms with Gasteiger partial charge in [0, 0.05) is 5.41 Å². The minimum absolute atomic E-state index is 0.281. The number of carboxylic acid groups (broad SMARTS) is 1. The molecule has 1 aromatic carbocycles. The number of carbonyl (C=O) groups excluding carboxylic acids is 2. The highest BCUT2D eigenvalue weighted by atomic mass is 16.6. The van der Waals surface area contributed by atoms with E-state index in [1.807, 2.05) is 6.07 Å². The summed E-state index contributed by atoms with van der Waals surface area (Å²) in [6, 6.07) is 7.29. The van der Waals surface area contributed by atoms with Crippen molar-refractivity contribution in [2.75, 3.05) is 0 Å². The zero-order valence-corrected chi connectivity index (χ0v) is 20.2. The molecule has 34 heavy (non-hydrogen) atoms. The van der Waals surface area contributed by atoms with Crippen molar-refractivity contribution in [3.8, 4) is 0 Å². The standard InChI is InChI=1S/C26H36N2O6/c1-24(2,3)34-23(32)28-21(25-11-16-9-17(12-25)14-26(33,13-16)15-25)22(31)27-19(10-20(29)30)18-7-5-4-6-8-18/h4-8,16-17,19,21,33H,9-15H2,1-3H3,(H,27,31)(H,28,32)(H,29,30)/t16?,17?,19-,21+,25?,26?/m0/s1. The van der Waals surface area contributed by atoms with Crippen molar-refractivity contribution in [3.63, 3.8) is 0 Å². The van der Waals surface area contributed by atoms with E-state index in [-0.39, 0.29) is 6.42 Å². The van der Waals surface area contributed by atoms with Crippen molar-refractivity contribution >= 4 is 18.0 Å². The van der Waals surface area contributed by atoms with E-state index >= 15 is 0 Å². The number of nitrogens with one attached hydrogen (secondary N) is 2. The van der Waals surface area contributed by atoms with Crippen molar-refractivity contribution in [2.24, 2.45) is 17.3 Å². The van der Waals surface area contributed by atoms with E-state index in [1.54, 1.807) is 45.0 Å². The maximum absolute atomic E-state index is 13.8. The quantitative estimate of drug-likeness (QED) is 0.481. The fourth-order valence-corrected chi connectivity index (χ4v) is 6.91. The zero-order valence-electron chi connectivity index (χ0n) is 20.2. The van der Waals surface area contributed by atoms with Crippen molar-refractivity contribution in [1.29, 1.82) is 0 Å². The number of carbonyl (C=O) groups is 3. The highest BCUT2D eigenvalue weighted by Gasteiger charge is 2.61. The van der Waals surface area contributed by atoms with E-state index in [0.717, 1.165) is 32.1 Å². The topological polar surface area (TPSA) is 125 Å². The largest absolute Gasteiger partial charge is 0.481 e. The Morgan fingerprint density at radius 1 is 1.06 bits per heavy atom. The molecule has 8 nitrogen and oxygen atoms in total. The Hall–Kier alpha value is -2.61. The lowest BCUT2D eigenvalue weighted by Gasteiger charge is -2.62. The molecule has 186 valence electrons. The van der Waals surface area contributed by atoms with Gasteiger partial charge in [0.15, 0.2) is 0 Å². The van der Waals surface area contributed by atoms with Crippen LogP contribution in [0.1, 0.15) is 77.3 Å². The maximum Gasteiger partial charge on any atom is 0.408 e. The molecule has 1 aromatic rings. The van der Waals surface area contributed by atoms with Gasteiger partial charge in [0.1, 0.15) is 11.6 Å². The van der Waals surface area contributed by atoms with E-state index in [0.29, 0.717) is 23.8 Å². The summed E-state index contributed by atoms with van der Waals surface area (Å²) in [5.41, 5.74) is -1.47. The first kappa shape index (κ1) is 24.5. The van der Waals surface area contributed by atoms with E-state index in [9.17, 15) is 24.6 Å². The molecule has 4 atom stereocenters. The SMILES string of the molecule is CC(C)(C)OC(=O)N[C@H](C(=O)N[C@@H](CC(=O)O)c1ccccc1)C12CC3CC(CC(O)(C3)C1)C2. The Morgan fingerprint density at radius 3 is 2.21 bits per heavy atom. The molecule has 0 aliphatic heterocycles. The summed E-state index contributed by atoms with van der Waals surface area (Å²) in [7, 11) is 0. The second-order valence-electron chi connectivity index (χ2n) is 11.7. The van der Waals surface area contributed by atoms with Crippen LogP contribution in [0.15, 0.2) is 30.3 Å². The third-order valence-corrected chi connectivity index (χ3v) is 7.51. The monoisotopic (exact) mass is 472 g/mol. The second-order valence-corrected chi connectivity index (χ2v) is 11.7. The van der Waals surface area contributed by atoms with Gasteiger partial charge in [0.25, 0.3) is 0 Å². The Labute approximate surface area is 200 Å². The number of carboxylic acids is 1. The van der Waals surface area contributed by atoms with Gasteiger partial charge in [-0.15, -0.1) is 0 Å². The molecule has 4 aliphatic rings. The summed E-state index contributed by atoms with van der Waals surface area (Å²) < 4.78 is 5.47.